The quantitative estimate of drug-likeness (QED) is 0.631. The fourth-order valence-electron chi connectivity index (χ4n) is 2.12. The van der Waals surface area contributed by atoms with Crippen molar-refractivity contribution in [1.82, 2.24) is 9.80 Å². The molecule has 0 amide bonds. The average Bonchev–Trinajstić information content (AvgIpc) is 2.35. The zero-order valence-electron chi connectivity index (χ0n) is 11.3. The van der Waals surface area contributed by atoms with Gasteiger partial charge in [-0.3, -0.25) is 4.79 Å². The van der Waals surface area contributed by atoms with E-state index in [1.54, 1.807) is 0 Å². The highest BCUT2D eigenvalue weighted by molar-refractivity contribution is 5.69. The number of carbonyl (C=O) groups is 1. The Kier molecular flexibility index (Phi) is 7.21. The summed E-state index contributed by atoms with van der Waals surface area (Å²) in [5.74, 6) is -0.0858. The van der Waals surface area contributed by atoms with Gasteiger partial charge in [0.2, 0.25) is 0 Å². The number of hydrogen-bond acceptors (Lipinski definition) is 4. The number of nitrogens with zero attached hydrogens (tertiary/aromatic N) is 2. The smallest absolute Gasteiger partial charge is 0.307 e. The van der Waals surface area contributed by atoms with Crippen molar-refractivity contribution in [2.75, 3.05) is 46.4 Å². The number of piperidine rings is 1. The van der Waals surface area contributed by atoms with Crippen LogP contribution in [0.5, 0.6) is 0 Å². The standard InChI is InChI=1S/C13H26N2O2/c1-3-17-13(16)7-10-14(2)11-12-15-8-5-4-6-9-15/h3-12H2,1-2H3. The van der Waals surface area contributed by atoms with E-state index in [1.165, 1.54) is 32.4 Å². The lowest BCUT2D eigenvalue weighted by Gasteiger charge is -2.28. The molecule has 1 aliphatic heterocycles. The van der Waals surface area contributed by atoms with Crippen molar-refractivity contribution in [2.45, 2.75) is 32.6 Å². The van der Waals surface area contributed by atoms with Gasteiger partial charge in [0, 0.05) is 19.6 Å². The van der Waals surface area contributed by atoms with Gasteiger partial charge in [0.05, 0.1) is 13.0 Å². The average molecular weight is 242 g/mol. The third-order valence-electron chi connectivity index (χ3n) is 3.25. The summed E-state index contributed by atoms with van der Waals surface area (Å²) in [4.78, 5) is 15.9. The van der Waals surface area contributed by atoms with Gasteiger partial charge >= 0.3 is 5.97 Å². The fraction of sp³-hybridized carbons (Fsp3) is 0.923. The molecule has 0 aromatic rings. The molecule has 4 nitrogen and oxygen atoms in total. The van der Waals surface area contributed by atoms with Crippen LogP contribution in [0.4, 0.5) is 0 Å². The minimum absolute atomic E-state index is 0.0858. The Hall–Kier alpha value is -0.610. The van der Waals surface area contributed by atoms with Crippen LogP contribution >= 0.6 is 0 Å². The van der Waals surface area contributed by atoms with Gasteiger partial charge < -0.3 is 14.5 Å². The summed E-state index contributed by atoms with van der Waals surface area (Å²) in [5.41, 5.74) is 0. The highest BCUT2D eigenvalue weighted by Crippen LogP contribution is 2.07. The van der Waals surface area contributed by atoms with Gasteiger partial charge in [-0.25, -0.2) is 0 Å². The van der Waals surface area contributed by atoms with Crippen molar-refractivity contribution in [3.63, 3.8) is 0 Å². The summed E-state index contributed by atoms with van der Waals surface area (Å²) in [7, 11) is 2.07. The van der Waals surface area contributed by atoms with E-state index in [2.05, 4.69) is 16.8 Å². The van der Waals surface area contributed by atoms with Crippen LogP contribution in [-0.4, -0.2) is 62.1 Å². The number of esters is 1. The monoisotopic (exact) mass is 242 g/mol. The van der Waals surface area contributed by atoms with Crippen molar-refractivity contribution in [3.8, 4) is 0 Å². The number of ether oxygens (including phenoxy) is 1. The van der Waals surface area contributed by atoms with Crippen LogP contribution in [-0.2, 0) is 9.53 Å². The summed E-state index contributed by atoms with van der Waals surface area (Å²) >= 11 is 0. The van der Waals surface area contributed by atoms with Gasteiger partial charge in [0.15, 0.2) is 0 Å². The maximum atomic E-state index is 11.2. The number of likely N-dealkylation sites (N-methyl/N-ethyl adjacent to an activating group) is 1. The molecule has 1 fully saturated rings. The molecule has 0 aromatic heterocycles. The Bertz CT molecular complexity index is 215. The van der Waals surface area contributed by atoms with Crippen molar-refractivity contribution in [2.24, 2.45) is 0 Å². The maximum absolute atomic E-state index is 11.2. The van der Waals surface area contributed by atoms with Gasteiger partial charge in [-0.2, -0.15) is 0 Å². The molecular formula is C13H26N2O2. The predicted molar refractivity (Wildman–Crippen MR) is 69.0 cm³/mol. The third-order valence-corrected chi connectivity index (χ3v) is 3.25. The van der Waals surface area contributed by atoms with Gasteiger partial charge in [-0.15, -0.1) is 0 Å². The first-order valence-electron chi connectivity index (χ1n) is 6.79. The van der Waals surface area contributed by atoms with Crippen molar-refractivity contribution in [3.05, 3.63) is 0 Å². The van der Waals surface area contributed by atoms with Crippen LogP contribution < -0.4 is 0 Å². The molecule has 100 valence electrons. The first-order valence-corrected chi connectivity index (χ1v) is 6.79. The first kappa shape index (κ1) is 14.5. The molecule has 1 aliphatic rings. The van der Waals surface area contributed by atoms with Crippen molar-refractivity contribution in [1.29, 1.82) is 0 Å². The lowest BCUT2D eigenvalue weighted by molar-refractivity contribution is -0.143. The van der Waals surface area contributed by atoms with Crippen molar-refractivity contribution < 1.29 is 9.53 Å². The summed E-state index contributed by atoms with van der Waals surface area (Å²) < 4.78 is 4.91. The SMILES string of the molecule is CCOC(=O)CCN(C)CCN1CCCCC1. The summed E-state index contributed by atoms with van der Waals surface area (Å²) in [5, 5.41) is 0. The van der Waals surface area contributed by atoms with E-state index in [0.717, 1.165) is 19.6 Å². The molecule has 0 bridgehead atoms. The molecule has 17 heavy (non-hydrogen) atoms. The summed E-state index contributed by atoms with van der Waals surface area (Å²) in [6.45, 7) is 7.77. The van der Waals surface area contributed by atoms with E-state index < -0.39 is 0 Å². The summed E-state index contributed by atoms with van der Waals surface area (Å²) in [6, 6.07) is 0. The van der Waals surface area contributed by atoms with Crippen molar-refractivity contribution >= 4 is 5.97 Å². The molecule has 1 saturated heterocycles. The second-order valence-corrected chi connectivity index (χ2v) is 4.76. The molecule has 0 radical (unpaired) electrons. The second-order valence-electron chi connectivity index (χ2n) is 4.76. The number of rotatable bonds is 7. The van der Waals surface area contributed by atoms with Crippen LogP contribution in [0, 0.1) is 0 Å². The topological polar surface area (TPSA) is 32.8 Å². The number of likely N-dealkylation sites (tertiary alicyclic amines) is 1. The fourth-order valence-corrected chi connectivity index (χ4v) is 2.12. The Labute approximate surface area is 105 Å². The lowest BCUT2D eigenvalue weighted by atomic mass is 10.1. The molecule has 0 aromatic carbocycles. The van der Waals surface area contributed by atoms with E-state index in [0.29, 0.717) is 13.0 Å². The Morgan fingerprint density at radius 3 is 2.59 bits per heavy atom. The Balaban J connectivity index is 2.03. The Morgan fingerprint density at radius 2 is 1.94 bits per heavy atom. The Morgan fingerprint density at radius 1 is 1.24 bits per heavy atom. The molecule has 0 atom stereocenters. The highest BCUT2D eigenvalue weighted by atomic mass is 16.5. The number of carbonyl (C=O) groups excluding carboxylic acids is 1. The zero-order chi connectivity index (χ0) is 12.5. The van der Waals surface area contributed by atoms with E-state index >= 15 is 0 Å². The maximum Gasteiger partial charge on any atom is 0.307 e. The lowest BCUT2D eigenvalue weighted by Crippen LogP contribution is -2.37. The predicted octanol–water partition coefficient (Wildman–Crippen LogP) is 1.36. The molecule has 1 rings (SSSR count). The molecule has 0 aliphatic carbocycles. The molecule has 0 unspecified atom stereocenters. The molecule has 4 heteroatoms. The van der Waals surface area contributed by atoms with E-state index in [4.69, 9.17) is 4.74 Å². The molecular weight excluding hydrogens is 216 g/mol. The van der Waals surface area contributed by atoms with E-state index in [-0.39, 0.29) is 5.97 Å². The van der Waals surface area contributed by atoms with Crippen LogP contribution in [0.1, 0.15) is 32.6 Å². The largest absolute Gasteiger partial charge is 0.466 e. The second kappa shape index (κ2) is 8.48. The minimum Gasteiger partial charge on any atom is -0.466 e. The molecule has 1 heterocycles. The van der Waals surface area contributed by atoms with Gasteiger partial charge in [-0.05, 0) is 39.9 Å². The normalized spacial score (nSPS) is 17.4. The van der Waals surface area contributed by atoms with Crippen LogP contribution in [0.3, 0.4) is 0 Å². The third kappa shape index (κ3) is 6.64. The minimum atomic E-state index is -0.0858. The van der Waals surface area contributed by atoms with Crippen LogP contribution in [0.2, 0.25) is 0 Å². The first-order chi connectivity index (χ1) is 8.22. The van der Waals surface area contributed by atoms with Gasteiger partial charge in [-0.1, -0.05) is 6.42 Å². The van der Waals surface area contributed by atoms with E-state index in [1.807, 2.05) is 6.92 Å². The molecule has 0 saturated carbocycles. The van der Waals surface area contributed by atoms with Gasteiger partial charge in [0.1, 0.15) is 0 Å². The van der Waals surface area contributed by atoms with Gasteiger partial charge in [0.25, 0.3) is 0 Å². The van der Waals surface area contributed by atoms with Crippen LogP contribution in [0.25, 0.3) is 0 Å². The molecule has 0 N–H and O–H groups in total. The van der Waals surface area contributed by atoms with Crippen LogP contribution in [0.15, 0.2) is 0 Å². The summed E-state index contributed by atoms with van der Waals surface area (Å²) in [6.07, 6.45) is 4.57. The number of hydrogen-bond donors (Lipinski definition) is 0. The zero-order valence-corrected chi connectivity index (χ0v) is 11.3. The molecule has 0 spiro atoms. The highest BCUT2D eigenvalue weighted by Gasteiger charge is 2.11. The van der Waals surface area contributed by atoms with E-state index in [9.17, 15) is 4.79 Å².